The molecule has 1 N–H and O–H groups in total. The zero-order chi connectivity index (χ0) is 18.9. The van der Waals surface area contributed by atoms with E-state index >= 15 is 0 Å². The first-order chi connectivity index (χ1) is 12.3. The third-order valence-electron chi connectivity index (χ3n) is 4.32. The maximum atomic E-state index is 12.7. The van der Waals surface area contributed by atoms with E-state index in [1.165, 1.54) is 12.1 Å². The lowest BCUT2D eigenvalue weighted by Gasteiger charge is -2.23. The molecular formula is C18H18F2N2O3S. The van der Waals surface area contributed by atoms with Crippen molar-refractivity contribution in [2.24, 2.45) is 0 Å². The second-order valence-electron chi connectivity index (χ2n) is 6.06. The van der Waals surface area contributed by atoms with E-state index in [1.54, 1.807) is 11.8 Å². The highest BCUT2D eigenvalue weighted by atomic mass is 32.2. The van der Waals surface area contributed by atoms with E-state index in [0.29, 0.717) is 12.2 Å². The average Bonchev–Trinajstić information content (AvgIpc) is 3.05. The van der Waals surface area contributed by atoms with Crippen LogP contribution in [-0.2, 0) is 21.1 Å². The first kappa shape index (κ1) is 18.3. The van der Waals surface area contributed by atoms with Gasteiger partial charge in [-0.05, 0) is 49.2 Å². The van der Waals surface area contributed by atoms with Crippen molar-refractivity contribution in [3.8, 4) is 0 Å². The topological polar surface area (TPSA) is 66.5 Å². The van der Waals surface area contributed by atoms with Crippen LogP contribution in [0.2, 0.25) is 0 Å². The van der Waals surface area contributed by atoms with Crippen molar-refractivity contribution < 1.29 is 22.0 Å². The molecule has 138 valence electrons. The normalized spacial score (nSPS) is 15.0. The van der Waals surface area contributed by atoms with Crippen molar-refractivity contribution in [2.75, 3.05) is 16.8 Å². The Morgan fingerprint density at radius 2 is 1.77 bits per heavy atom. The molecule has 1 heterocycles. The third kappa shape index (κ3) is 3.41. The molecule has 0 saturated carbocycles. The first-order valence-corrected chi connectivity index (χ1v) is 9.63. The second kappa shape index (κ2) is 7.03. The van der Waals surface area contributed by atoms with Gasteiger partial charge in [0.25, 0.3) is 0 Å². The maximum absolute atomic E-state index is 12.7. The summed E-state index contributed by atoms with van der Waals surface area (Å²) in [6.07, 6.45) is 0.800. The van der Waals surface area contributed by atoms with Gasteiger partial charge in [-0.2, -0.15) is 8.78 Å². The van der Waals surface area contributed by atoms with Gasteiger partial charge < -0.3 is 10.2 Å². The summed E-state index contributed by atoms with van der Waals surface area (Å²) in [6.45, 7) is 2.31. The number of rotatable bonds is 5. The number of carbonyl (C=O) groups is 1. The van der Waals surface area contributed by atoms with E-state index in [2.05, 4.69) is 5.32 Å². The molecule has 0 aromatic heterocycles. The molecule has 2 aromatic carbocycles. The minimum Gasteiger partial charge on any atom is -0.374 e. The average molecular weight is 380 g/mol. The summed E-state index contributed by atoms with van der Waals surface area (Å²) in [5, 5.41) is 2.98. The summed E-state index contributed by atoms with van der Waals surface area (Å²) < 4.78 is 48.0. The van der Waals surface area contributed by atoms with Crippen LogP contribution in [0, 0.1) is 0 Å². The number of nitrogens with one attached hydrogen (secondary N) is 1. The molecule has 1 amide bonds. The lowest BCUT2D eigenvalue weighted by Crippen LogP contribution is -2.40. The van der Waals surface area contributed by atoms with Crippen molar-refractivity contribution in [3.05, 3.63) is 54.1 Å². The number of halogens is 2. The Balaban J connectivity index is 1.71. The molecule has 0 saturated heterocycles. The number of sulfone groups is 1. The van der Waals surface area contributed by atoms with Gasteiger partial charge in [0.1, 0.15) is 6.04 Å². The molecule has 0 spiro atoms. The number of fused-ring (bicyclic) bond motifs is 1. The SMILES string of the molecule is CC(Nc1ccc(S(=O)(=O)C(F)F)cc1)C(=O)N1CCc2ccccc21. The Labute approximate surface area is 150 Å². The van der Waals surface area contributed by atoms with Crippen molar-refractivity contribution in [3.63, 3.8) is 0 Å². The number of hydrogen-bond donors (Lipinski definition) is 1. The van der Waals surface area contributed by atoms with Crippen LogP contribution in [0.5, 0.6) is 0 Å². The lowest BCUT2D eigenvalue weighted by molar-refractivity contribution is -0.118. The van der Waals surface area contributed by atoms with E-state index < -0.39 is 26.5 Å². The highest BCUT2D eigenvalue weighted by molar-refractivity contribution is 7.91. The largest absolute Gasteiger partial charge is 0.374 e. The number of benzene rings is 2. The van der Waals surface area contributed by atoms with E-state index in [4.69, 9.17) is 0 Å². The summed E-state index contributed by atoms with van der Waals surface area (Å²) in [6, 6.07) is 12.1. The van der Waals surface area contributed by atoms with E-state index in [1.807, 2.05) is 24.3 Å². The zero-order valence-corrected chi connectivity index (χ0v) is 14.8. The molecule has 1 atom stereocenters. The van der Waals surface area contributed by atoms with Crippen molar-refractivity contribution in [1.82, 2.24) is 0 Å². The smallest absolute Gasteiger partial charge is 0.341 e. The number of para-hydroxylation sites is 1. The van der Waals surface area contributed by atoms with E-state index in [-0.39, 0.29) is 5.91 Å². The van der Waals surface area contributed by atoms with Crippen molar-refractivity contribution in [1.29, 1.82) is 0 Å². The van der Waals surface area contributed by atoms with Gasteiger partial charge in [-0.25, -0.2) is 8.42 Å². The summed E-state index contributed by atoms with van der Waals surface area (Å²) in [5.41, 5.74) is 2.49. The fourth-order valence-corrected chi connectivity index (χ4v) is 3.68. The van der Waals surface area contributed by atoms with Gasteiger partial charge in [-0.1, -0.05) is 18.2 Å². The molecule has 0 aliphatic carbocycles. The van der Waals surface area contributed by atoms with Crippen LogP contribution in [0.25, 0.3) is 0 Å². The monoisotopic (exact) mass is 380 g/mol. The molecule has 8 heteroatoms. The molecule has 0 fully saturated rings. The Hall–Kier alpha value is -2.48. The molecule has 0 bridgehead atoms. The number of anilines is 2. The van der Waals surface area contributed by atoms with Crippen LogP contribution in [0.15, 0.2) is 53.4 Å². The van der Waals surface area contributed by atoms with Crippen LogP contribution in [0.3, 0.4) is 0 Å². The molecule has 0 radical (unpaired) electrons. The Morgan fingerprint density at radius 1 is 1.12 bits per heavy atom. The lowest BCUT2D eigenvalue weighted by atomic mass is 10.2. The molecule has 5 nitrogen and oxygen atoms in total. The molecule has 1 unspecified atom stereocenters. The standard InChI is InChI=1S/C18H18F2N2O3S/c1-12(17(23)22-11-10-13-4-2-3-5-16(13)22)21-14-6-8-15(9-7-14)26(24,25)18(19)20/h2-9,12,18,21H,10-11H2,1H3. The summed E-state index contributed by atoms with van der Waals surface area (Å²) in [5.74, 6) is -3.57. The predicted molar refractivity (Wildman–Crippen MR) is 95.2 cm³/mol. The van der Waals surface area contributed by atoms with Gasteiger partial charge in [0.2, 0.25) is 15.7 Å². The zero-order valence-electron chi connectivity index (χ0n) is 14.0. The molecule has 2 aromatic rings. The van der Waals surface area contributed by atoms with Gasteiger partial charge in [0.05, 0.1) is 4.90 Å². The van der Waals surface area contributed by atoms with Crippen molar-refractivity contribution >= 4 is 27.1 Å². The number of carbonyl (C=O) groups excluding carboxylic acids is 1. The molecule has 1 aliphatic heterocycles. The second-order valence-corrected chi connectivity index (χ2v) is 7.98. The quantitative estimate of drug-likeness (QED) is 0.866. The fourth-order valence-electron chi connectivity index (χ4n) is 2.96. The molecular weight excluding hydrogens is 362 g/mol. The fraction of sp³-hybridized carbons (Fsp3) is 0.278. The number of hydrogen-bond acceptors (Lipinski definition) is 4. The predicted octanol–water partition coefficient (Wildman–Crippen LogP) is 3.07. The molecule has 1 aliphatic rings. The van der Waals surface area contributed by atoms with Crippen LogP contribution >= 0.6 is 0 Å². The Bertz CT molecular complexity index is 914. The summed E-state index contributed by atoms with van der Waals surface area (Å²) in [4.78, 5) is 14.0. The van der Waals surface area contributed by atoms with Gasteiger partial charge in [0, 0.05) is 17.9 Å². The van der Waals surface area contributed by atoms with E-state index in [0.717, 1.165) is 29.8 Å². The highest BCUT2D eigenvalue weighted by Gasteiger charge is 2.28. The van der Waals surface area contributed by atoms with E-state index in [9.17, 15) is 22.0 Å². The minimum atomic E-state index is -4.62. The van der Waals surface area contributed by atoms with Crippen LogP contribution in [-0.4, -0.2) is 32.7 Å². The molecule has 3 rings (SSSR count). The van der Waals surface area contributed by atoms with Gasteiger partial charge >= 0.3 is 5.76 Å². The Morgan fingerprint density at radius 3 is 2.42 bits per heavy atom. The number of alkyl halides is 2. The maximum Gasteiger partial charge on any atom is 0.341 e. The van der Waals surface area contributed by atoms with Crippen LogP contribution in [0.1, 0.15) is 12.5 Å². The van der Waals surface area contributed by atoms with Crippen LogP contribution in [0.4, 0.5) is 20.2 Å². The highest BCUT2D eigenvalue weighted by Crippen LogP contribution is 2.28. The number of nitrogens with zero attached hydrogens (tertiary/aromatic N) is 1. The molecule has 26 heavy (non-hydrogen) atoms. The Kier molecular flexibility index (Phi) is 4.95. The minimum absolute atomic E-state index is 0.112. The van der Waals surface area contributed by atoms with Crippen molar-refractivity contribution in [2.45, 2.75) is 30.0 Å². The van der Waals surface area contributed by atoms with Gasteiger partial charge in [0.15, 0.2) is 0 Å². The van der Waals surface area contributed by atoms with Gasteiger partial charge in [-0.15, -0.1) is 0 Å². The summed E-state index contributed by atoms with van der Waals surface area (Å²) >= 11 is 0. The van der Waals surface area contributed by atoms with Gasteiger partial charge in [-0.3, -0.25) is 4.79 Å². The third-order valence-corrected chi connectivity index (χ3v) is 5.72. The number of amides is 1. The summed E-state index contributed by atoms with van der Waals surface area (Å²) in [7, 11) is -4.62. The first-order valence-electron chi connectivity index (χ1n) is 8.08. The van der Waals surface area contributed by atoms with Crippen LogP contribution < -0.4 is 10.2 Å².